The van der Waals surface area contributed by atoms with E-state index in [1.54, 1.807) is 35.8 Å². The van der Waals surface area contributed by atoms with Crippen LogP contribution in [0.5, 0.6) is 0 Å². The summed E-state index contributed by atoms with van der Waals surface area (Å²) < 4.78 is 0. The lowest BCUT2D eigenvalue weighted by Gasteiger charge is -2.31. The lowest BCUT2D eigenvalue weighted by Crippen LogP contribution is -2.49. The second kappa shape index (κ2) is 13.4. The molecule has 0 unspecified atom stereocenters. The zero-order valence-corrected chi connectivity index (χ0v) is 21.4. The van der Waals surface area contributed by atoms with E-state index in [0.29, 0.717) is 28.6 Å². The second-order valence-electron chi connectivity index (χ2n) is 7.88. The van der Waals surface area contributed by atoms with E-state index in [4.69, 9.17) is 23.2 Å². The molecule has 178 valence electrons. The molecule has 3 aromatic carbocycles. The zero-order valence-electron chi connectivity index (χ0n) is 19.0. The van der Waals surface area contributed by atoms with Gasteiger partial charge in [-0.15, -0.1) is 0 Å². The zero-order chi connectivity index (χ0) is 24.3. The molecular formula is C27H28Cl2N2O2S. The number of rotatable bonds is 11. The molecule has 0 spiro atoms. The lowest BCUT2D eigenvalue weighted by molar-refractivity contribution is -0.140. The van der Waals surface area contributed by atoms with Crippen LogP contribution in [-0.2, 0) is 28.3 Å². The number of amides is 2. The number of carbonyl (C=O) groups is 2. The minimum absolute atomic E-state index is 0.0730. The van der Waals surface area contributed by atoms with Crippen molar-refractivity contribution in [3.05, 3.63) is 106 Å². The maximum Gasteiger partial charge on any atom is 0.242 e. The Kier molecular flexibility index (Phi) is 10.3. The Morgan fingerprint density at radius 2 is 1.53 bits per heavy atom. The minimum atomic E-state index is -0.645. The Labute approximate surface area is 215 Å². The number of nitrogens with one attached hydrogen (secondary N) is 1. The third kappa shape index (κ3) is 7.79. The normalized spacial score (nSPS) is 11.6. The van der Waals surface area contributed by atoms with Gasteiger partial charge in [-0.3, -0.25) is 9.59 Å². The van der Waals surface area contributed by atoms with Crippen LogP contribution in [0.1, 0.15) is 23.1 Å². The van der Waals surface area contributed by atoms with Crippen molar-refractivity contribution < 1.29 is 9.59 Å². The summed E-state index contributed by atoms with van der Waals surface area (Å²) in [6, 6.07) is 24.5. The smallest absolute Gasteiger partial charge is 0.242 e. The van der Waals surface area contributed by atoms with Gasteiger partial charge in [0.05, 0.1) is 10.0 Å². The van der Waals surface area contributed by atoms with Gasteiger partial charge in [-0.05, 0) is 28.8 Å². The summed E-state index contributed by atoms with van der Waals surface area (Å²) in [4.78, 5) is 28.0. The molecule has 0 aliphatic carbocycles. The van der Waals surface area contributed by atoms with E-state index in [0.717, 1.165) is 16.9 Å². The first kappa shape index (κ1) is 26.1. The van der Waals surface area contributed by atoms with Gasteiger partial charge in [0, 0.05) is 37.9 Å². The molecule has 0 saturated heterocycles. The van der Waals surface area contributed by atoms with Gasteiger partial charge in [-0.2, -0.15) is 11.8 Å². The second-order valence-corrected chi connectivity index (χ2v) is 9.80. The van der Waals surface area contributed by atoms with Gasteiger partial charge in [-0.25, -0.2) is 0 Å². The van der Waals surface area contributed by atoms with Crippen LogP contribution in [0.3, 0.4) is 0 Å². The van der Waals surface area contributed by atoms with Crippen LogP contribution in [0.25, 0.3) is 0 Å². The van der Waals surface area contributed by atoms with E-state index in [-0.39, 0.29) is 18.4 Å². The van der Waals surface area contributed by atoms with Crippen molar-refractivity contribution in [3.8, 4) is 0 Å². The molecule has 34 heavy (non-hydrogen) atoms. The Morgan fingerprint density at radius 1 is 0.882 bits per heavy atom. The minimum Gasteiger partial charge on any atom is -0.357 e. The van der Waals surface area contributed by atoms with Crippen molar-refractivity contribution in [2.24, 2.45) is 0 Å². The van der Waals surface area contributed by atoms with E-state index < -0.39 is 6.04 Å². The van der Waals surface area contributed by atoms with Gasteiger partial charge in [0.1, 0.15) is 6.04 Å². The van der Waals surface area contributed by atoms with Crippen molar-refractivity contribution in [2.45, 2.75) is 31.2 Å². The summed E-state index contributed by atoms with van der Waals surface area (Å²) in [6.45, 7) is 0.268. The van der Waals surface area contributed by atoms with Crippen LogP contribution in [0.15, 0.2) is 78.9 Å². The maximum absolute atomic E-state index is 13.4. The highest BCUT2D eigenvalue weighted by Crippen LogP contribution is 2.25. The number of likely N-dealkylation sites (N-methyl/N-ethyl adjacent to an activating group) is 1. The summed E-state index contributed by atoms with van der Waals surface area (Å²) in [6.07, 6.45) is 0.756. The van der Waals surface area contributed by atoms with Crippen LogP contribution in [0.2, 0.25) is 10.0 Å². The van der Waals surface area contributed by atoms with E-state index in [1.165, 1.54) is 5.56 Å². The van der Waals surface area contributed by atoms with Gasteiger partial charge in [-0.1, -0.05) is 89.9 Å². The first-order valence-corrected chi connectivity index (χ1v) is 13.0. The average Bonchev–Trinajstić information content (AvgIpc) is 2.86. The largest absolute Gasteiger partial charge is 0.357 e. The van der Waals surface area contributed by atoms with Crippen LogP contribution in [-0.4, -0.2) is 35.6 Å². The van der Waals surface area contributed by atoms with Gasteiger partial charge in [0.25, 0.3) is 0 Å². The predicted molar refractivity (Wildman–Crippen MR) is 142 cm³/mol. The molecular weight excluding hydrogens is 487 g/mol. The van der Waals surface area contributed by atoms with Crippen LogP contribution >= 0.6 is 35.0 Å². The number of carbonyl (C=O) groups excluding carboxylic acids is 2. The SMILES string of the molecule is CNC(=O)[C@@H](Cc1ccccc1)N(Cc1ccc(Cl)c(Cl)c1)C(=O)CCSCc1ccccc1. The molecule has 0 fully saturated rings. The molecule has 2 amide bonds. The van der Waals surface area contributed by atoms with Crippen LogP contribution in [0, 0.1) is 0 Å². The standard InChI is InChI=1S/C27H28Cl2N2O2S/c1-30-27(33)25(17-20-8-4-2-5-9-20)31(18-22-12-13-23(28)24(29)16-22)26(32)14-15-34-19-21-10-6-3-7-11-21/h2-13,16,25H,14-15,17-19H2,1H3,(H,30,33)/t25-/m1/s1. The Morgan fingerprint density at radius 3 is 2.15 bits per heavy atom. The van der Waals surface area contributed by atoms with Crippen LogP contribution in [0.4, 0.5) is 0 Å². The molecule has 0 aliphatic heterocycles. The fourth-order valence-electron chi connectivity index (χ4n) is 3.62. The van der Waals surface area contributed by atoms with Gasteiger partial charge >= 0.3 is 0 Å². The summed E-state index contributed by atoms with van der Waals surface area (Å²) in [5.41, 5.74) is 3.03. The maximum atomic E-state index is 13.4. The molecule has 0 aromatic heterocycles. The van der Waals surface area contributed by atoms with Gasteiger partial charge in [0.15, 0.2) is 0 Å². The quantitative estimate of drug-likeness (QED) is 0.319. The molecule has 0 aliphatic rings. The summed E-state index contributed by atoms with van der Waals surface area (Å²) in [5, 5.41) is 3.60. The van der Waals surface area contributed by atoms with Crippen molar-refractivity contribution in [2.75, 3.05) is 12.8 Å². The summed E-state index contributed by atoms with van der Waals surface area (Å²) in [7, 11) is 1.60. The summed E-state index contributed by atoms with van der Waals surface area (Å²) in [5.74, 6) is 1.23. The van der Waals surface area contributed by atoms with E-state index in [2.05, 4.69) is 17.4 Å². The first-order valence-electron chi connectivity index (χ1n) is 11.1. The molecule has 0 radical (unpaired) electrons. The van der Waals surface area contributed by atoms with Gasteiger partial charge < -0.3 is 10.2 Å². The molecule has 4 nitrogen and oxygen atoms in total. The molecule has 1 atom stereocenters. The van der Waals surface area contributed by atoms with Gasteiger partial charge in [0.2, 0.25) is 11.8 Å². The fraction of sp³-hybridized carbons (Fsp3) is 0.259. The van der Waals surface area contributed by atoms with Crippen LogP contribution < -0.4 is 5.32 Å². The number of nitrogens with zero attached hydrogens (tertiary/aromatic N) is 1. The number of halogens is 2. The predicted octanol–water partition coefficient (Wildman–Crippen LogP) is 6.00. The number of thioether (sulfide) groups is 1. The highest BCUT2D eigenvalue weighted by molar-refractivity contribution is 7.98. The highest BCUT2D eigenvalue weighted by atomic mass is 35.5. The molecule has 0 bridgehead atoms. The number of hydrogen-bond donors (Lipinski definition) is 1. The highest BCUT2D eigenvalue weighted by Gasteiger charge is 2.29. The van der Waals surface area contributed by atoms with E-state index >= 15 is 0 Å². The molecule has 1 N–H and O–H groups in total. The van der Waals surface area contributed by atoms with Crippen molar-refractivity contribution in [1.29, 1.82) is 0 Å². The van der Waals surface area contributed by atoms with Crippen molar-refractivity contribution in [1.82, 2.24) is 10.2 Å². The first-order chi connectivity index (χ1) is 16.5. The number of benzene rings is 3. The molecule has 3 aromatic rings. The molecule has 0 saturated carbocycles. The monoisotopic (exact) mass is 514 g/mol. The van der Waals surface area contributed by atoms with Crippen molar-refractivity contribution in [3.63, 3.8) is 0 Å². The molecule has 3 rings (SSSR count). The third-order valence-corrected chi connectivity index (χ3v) is 7.20. The molecule has 0 heterocycles. The Bertz CT molecular complexity index is 1080. The van der Waals surface area contributed by atoms with E-state index in [1.807, 2.05) is 54.6 Å². The average molecular weight is 516 g/mol. The topological polar surface area (TPSA) is 49.4 Å². The Hall–Kier alpha value is -2.47. The van der Waals surface area contributed by atoms with Crippen molar-refractivity contribution >= 4 is 46.8 Å². The third-order valence-electron chi connectivity index (χ3n) is 5.43. The Balaban J connectivity index is 1.77. The summed E-state index contributed by atoms with van der Waals surface area (Å²) >= 11 is 14.0. The molecule has 7 heteroatoms. The fourth-order valence-corrected chi connectivity index (χ4v) is 4.83. The number of hydrogen-bond acceptors (Lipinski definition) is 3. The van der Waals surface area contributed by atoms with E-state index in [9.17, 15) is 9.59 Å². The lowest BCUT2D eigenvalue weighted by atomic mass is 10.0.